The molecule has 2 rings (SSSR count). The molecule has 1 unspecified atom stereocenters. The number of amides is 1. The van der Waals surface area contributed by atoms with E-state index >= 15 is 0 Å². The zero-order valence-electron chi connectivity index (χ0n) is 12.6. The quantitative estimate of drug-likeness (QED) is 0.877. The molecule has 6 heteroatoms. The van der Waals surface area contributed by atoms with Crippen LogP contribution in [0.2, 0.25) is 5.02 Å². The number of anilines is 1. The second-order valence-electron chi connectivity index (χ2n) is 5.30. The monoisotopic (exact) mass is 311 g/mol. The molecule has 1 aliphatic heterocycles. The van der Waals surface area contributed by atoms with Gasteiger partial charge in [-0.05, 0) is 25.3 Å². The van der Waals surface area contributed by atoms with Crippen molar-refractivity contribution in [3.05, 3.63) is 22.8 Å². The highest BCUT2D eigenvalue weighted by atomic mass is 35.5. The summed E-state index contributed by atoms with van der Waals surface area (Å²) in [5.74, 6) is 0.576. The first-order valence-corrected chi connectivity index (χ1v) is 7.76. The summed E-state index contributed by atoms with van der Waals surface area (Å²) < 4.78 is 5.57. The third-order valence-corrected chi connectivity index (χ3v) is 3.79. The molecule has 1 saturated heterocycles. The van der Waals surface area contributed by atoms with Gasteiger partial charge in [-0.2, -0.15) is 0 Å². The largest absolute Gasteiger partial charge is 0.376 e. The van der Waals surface area contributed by atoms with E-state index in [9.17, 15) is 4.79 Å². The van der Waals surface area contributed by atoms with Gasteiger partial charge >= 0.3 is 0 Å². The third kappa shape index (κ3) is 4.32. The Labute approximate surface area is 130 Å². The van der Waals surface area contributed by atoms with Crippen LogP contribution in [0.15, 0.2) is 12.3 Å². The highest BCUT2D eigenvalue weighted by molar-refractivity contribution is 6.33. The van der Waals surface area contributed by atoms with Gasteiger partial charge in [0.15, 0.2) is 0 Å². The van der Waals surface area contributed by atoms with Crippen LogP contribution in [0.1, 0.15) is 36.5 Å². The lowest BCUT2D eigenvalue weighted by Gasteiger charge is -2.21. The van der Waals surface area contributed by atoms with Crippen LogP contribution in [0.5, 0.6) is 0 Å². The smallest absolute Gasteiger partial charge is 0.255 e. The summed E-state index contributed by atoms with van der Waals surface area (Å²) in [5.41, 5.74) is 0.478. The number of rotatable bonds is 6. The van der Waals surface area contributed by atoms with Crippen LogP contribution in [-0.4, -0.2) is 48.6 Å². The van der Waals surface area contributed by atoms with Crippen molar-refractivity contribution in [1.82, 2.24) is 9.88 Å². The molecule has 116 valence electrons. The lowest BCUT2D eigenvalue weighted by Crippen LogP contribution is -2.34. The van der Waals surface area contributed by atoms with Crippen LogP contribution < -0.4 is 5.32 Å². The molecule has 0 radical (unpaired) electrons. The average molecular weight is 312 g/mol. The fraction of sp³-hybridized carbons (Fsp3) is 0.600. The van der Waals surface area contributed by atoms with Crippen LogP contribution in [-0.2, 0) is 4.74 Å². The number of carbonyl (C=O) groups excluding carboxylic acids is 1. The molecule has 1 aromatic rings. The molecule has 0 aromatic carbocycles. The summed E-state index contributed by atoms with van der Waals surface area (Å²) in [6.45, 7) is 4.27. The molecule has 0 saturated carbocycles. The number of hydrogen-bond acceptors (Lipinski definition) is 4. The van der Waals surface area contributed by atoms with Gasteiger partial charge in [-0.1, -0.05) is 18.5 Å². The minimum Gasteiger partial charge on any atom is -0.376 e. The number of hydrogen-bond donors (Lipinski definition) is 1. The molecule has 0 bridgehead atoms. The van der Waals surface area contributed by atoms with Crippen molar-refractivity contribution in [2.24, 2.45) is 0 Å². The molecule has 1 aliphatic rings. The zero-order valence-corrected chi connectivity index (χ0v) is 13.3. The molecule has 1 N–H and O–H groups in total. The summed E-state index contributed by atoms with van der Waals surface area (Å²) in [6.07, 6.45) is 4.72. The topological polar surface area (TPSA) is 54.5 Å². The average Bonchev–Trinajstić information content (AvgIpc) is 2.98. The Bertz CT molecular complexity index is 490. The summed E-state index contributed by atoms with van der Waals surface area (Å²) in [7, 11) is 1.78. The number of ether oxygens (including phenoxy) is 1. The standard InChI is InChI=1S/C15H22ClN3O2/c1-3-6-17-14-8-12(13(16)9-18-14)15(20)19(2)10-11-5-4-7-21-11/h8-9,11H,3-7,10H2,1-2H3,(H,17,18). The third-order valence-electron chi connectivity index (χ3n) is 3.49. The fourth-order valence-corrected chi connectivity index (χ4v) is 2.52. The highest BCUT2D eigenvalue weighted by Crippen LogP contribution is 2.21. The second kappa shape index (κ2) is 7.61. The molecule has 2 heterocycles. The predicted molar refractivity (Wildman–Crippen MR) is 84.0 cm³/mol. The summed E-state index contributed by atoms with van der Waals surface area (Å²) in [5, 5.41) is 3.54. The maximum Gasteiger partial charge on any atom is 0.255 e. The van der Waals surface area contributed by atoms with E-state index in [1.54, 1.807) is 18.0 Å². The van der Waals surface area contributed by atoms with E-state index in [0.717, 1.165) is 32.4 Å². The Morgan fingerprint density at radius 3 is 3.10 bits per heavy atom. The van der Waals surface area contributed by atoms with Crippen molar-refractivity contribution in [2.75, 3.05) is 32.1 Å². The number of pyridine rings is 1. The van der Waals surface area contributed by atoms with Gasteiger partial charge in [-0.3, -0.25) is 4.79 Å². The van der Waals surface area contributed by atoms with Crippen LogP contribution in [0, 0.1) is 0 Å². The molecule has 5 nitrogen and oxygen atoms in total. The SMILES string of the molecule is CCCNc1cc(C(=O)N(C)CC2CCCO2)c(Cl)cn1. The summed E-state index contributed by atoms with van der Waals surface area (Å²) in [4.78, 5) is 18.4. The van der Waals surface area contributed by atoms with Crippen LogP contribution in [0.25, 0.3) is 0 Å². The minimum absolute atomic E-state index is 0.0996. The van der Waals surface area contributed by atoms with Crippen molar-refractivity contribution < 1.29 is 9.53 Å². The van der Waals surface area contributed by atoms with Crippen LogP contribution in [0.3, 0.4) is 0 Å². The predicted octanol–water partition coefficient (Wildman–Crippen LogP) is 2.81. The van der Waals surface area contributed by atoms with Gasteiger partial charge in [-0.25, -0.2) is 4.98 Å². The lowest BCUT2D eigenvalue weighted by molar-refractivity contribution is 0.0587. The maximum absolute atomic E-state index is 12.5. The number of nitrogens with one attached hydrogen (secondary N) is 1. The highest BCUT2D eigenvalue weighted by Gasteiger charge is 2.22. The molecule has 1 atom stereocenters. The van der Waals surface area contributed by atoms with E-state index in [-0.39, 0.29) is 12.0 Å². The summed E-state index contributed by atoms with van der Waals surface area (Å²) >= 11 is 6.12. The fourth-order valence-electron chi connectivity index (χ4n) is 2.33. The first-order chi connectivity index (χ1) is 10.1. The van der Waals surface area contributed by atoms with Crippen molar-refractivity contribution in [2.45, 2.75) is 32.3 Å². The number of likely N-dealkylation sites (N-methyl/N-ethyl adjacent to an activating group) is 1. The van der Waals surface area contributed by atoms with E-state index < -0.39 is 0 Å². The van der Waals surface area contributed by atoms with Crippen LogP contribution in [0.4, 0.5) is 5.82 Å². The van der Waals surface area contributed by atoms with Crippen LogP contribution >= 0.6 is 11.6 Å². The Hall–Kier alpha value is -1.33. The van der Waals surface area contributed by atoms with Gasteiger partial charge in [-0.15, -0.1) is 0 Å². The maximum atomic E-state index is 12.5. The van der Waals surface area contributed by atoms with Crippen molar-refractivity contribution in [3.63, 3.8) is 0 Å². The molecule has 0 spiro atoms. The number of aromatic nitrogens is 1. The molecule has 1 amide bonds. The molecular formula is C15H22ClN3O2. The molecule has 21 heavy (non-hydrogen) atoms. The first kappa shape index (κ1) is 16.0. The minimum atomic E-state index is -0.0996. The lowest BCUT2D eigenvalue weighted by atomic mass is 10.2. The molecular weight excluding hydrogens is 290 g/mol. The van der Waals surface area contributed by atoms with Gasteiger partial charge in [0.25, 0.3) is 5.91 Å². The normalized spacial score (nSPS) is 17.8. The van der Waals surface area contributed by atoms with E-state index in [0.29, 0.717) is 22.9 Å². The summed E-state index contributed by atoms with van der Waals surface area (Å²) in [6, 6.07) is 1.71. The Kier molecular flexibility index (Phi) is 5.82. The number of nitrogens with zero attached hydrogens (tertiary/aromatic N) is 2. The Balaban J connectivity index is 2.05. The van der Waals surface area contributed by atoms with E-state index in [1.165, 1.54) is 6.20 Å². The van der Waals surface area contributed by atoms with Gasteiger partial charge < -0.3 is 15.0 Å². The van der Waals surface area contributed by atoms with E-state index in [1.807, 2.05) is 0 Å². The van der Waals surface area contributed by atoms with E-state index in [2.05, 4.69) is 17.2 Å². The second-order valence-corrected chi connectivity index (χ2v) is 5.70. The van der Waals surface area contributed by atoms with Gasteiger partial charge in [0.1, 0.15) is 5.82 Å². The zero-order chi connectivity index (χ0) is 15.2. The van der Waals surface area contributed by atoms with E-state index in [4.69, 9.17) is 16.3 Å². The van der Waals surface area contributed by atoms with Gasteiger partial charge in [0.2, 0.25) is 0 Å². The van der Waals surface area contributed by atoms with Crippen molar-refractivity contribution in [1.29, 1.82) is 0 Å². The first-order valence-electron chi connectivity index (χ1n) is 7.38. The van der Waals surface area contributed by atoms with Crippen molar-refractivity contribution >= 4 is 23.3 Å². The van der Waals surface area contributed by atoms with Gasteiger partial charge in [0, 0.05) is 32.9 Å². The van der Waals surface area contributed by atoms with Crippen molar-refractivity contribution in [3.8, 4) is 0 Å². The Morgan fingerprint density at radius 1 is 1.62 bits per heavy atom. The number of halogens is 1. The molecule has 0 aliphatic carbocycles. The molecule has 1 fully saturated rings. The Morgan fingerprint density at radius 2 is 2.43 bits per heavy atom. The van der Waals surface area contributed by atoms with Gasteiger partial charge in [0.05, 0.1) is 16.7 Å². The number of carbonyl (C=O) groups is 1. The molecule has 1 aromatic heterocycles.